The van der Waals surface area contributed by atoms with E-state index < -0.39 is 0 Å². The second-order valence-corrected chi connectivity index (χ2v) is 4.87. The molecule has 1 aromatic heterocycles. The number of aromatic nitrogens is 1. The number of alkyl halides is 1. The molecule has 1 saturated heterocycles. The van der Waals surface area contributed by atoms with Crippen molar-refractivity contribution in [3.8, 4) is 0 Å². The molecule has 66 valence electrons. The fourth-order valence-corrected chi connectivity index (χ4v) is 2.31. The van der Waals surface area contributed by atoms with E-state index in [1.807, 2.05) is 6.07 Å². The fraction of sp³-hybridized carbons (Fsp3) is 0.625. The molecular formula is C8H11IN2O. The van der Waals surface area contributed by atoms with Crippen molar-refractivity contribution in [2.75, 3.05) is 13.1 Å². The Labute approximate surface area is 85.2 Å². The van der Waals surface area contributed by atoms with Crippen molar-refractivity contribution >= 4 is 22.6 Å². The van der Waals surface area contributed by atoms with Crippen molar-refractivity contribution in [1.82, 2.24) is 10.1 Å². The minimum Gasteiger partial charge on any atom is -0.364 e. The highest BCUT2D eigenvalue weighted by Gasteiger charge is 2.20. The largest absolute Gasteiger partial charge is 0.364 e. The molecular weight excluding hydrogens is 267 g/mol. The normalized spacial score (nSPS) is 24.9. The van der Waals surface area contributed by atoms with Gasteiger partial charge in [-0.3, -0.25) is 4.90 Å². The van der Waals surface area contributed by atoms with Gasteiger partial charge < -0.3 is 4.52 Å². The molecule has 2 heterocycles. The summed E-state index contributed by atoms with van der Waals surface area (Å²) in [6.45, 7) is 3.32. The van der Waals surface area contributed by atoms with Gasteiger partial charge in [0.15, 0.2) is 0 Å². The molecule has 2 rings (SSSR count). The number of halogens is 1. The predicted molar refractivity (Wildman–Crippen MR) is 54.2 cm³/mol. The van der Waals surface area contributed by atoms with E-state index in [-0.39, 0.29) is 0 Å². The van der Waals surface area contributed by atoms with Crippen LogP contribution in [0.15, 0.2) is 16.9 Å². The molecule has 0 N–H and O–H groups in total. The molecule has 0 aliphatic carbocycles. The van der Waals surface area contributed by atoms with Crippen LogP contribution >= 0.6 is 22.6 Å². The molecule has 1 atom stereocenters. The van der Waals surface area contributed by atoms with Gasteiger partial charge in [0.1, 0.15) is 6.26 Å². The molecule has 0 saturated carbocycles. The summed E-state index contributed by atoms with van der Waals surface area (Å²) in [5.41, 5.74) is 1.04. The Morgan fingerprint density at radius 1 is 1.75 bits per heavy atom. The smallest absolute Gasteiger partial charge is 0.124 e. The average Bonchev–Trinajstić information content (AvgIpc) is 2.63. The Morgan fingerprint density at radius 2 is 2.67 bits per heavy atom. The van der Waals surface area contributed by atoms with Crippen LogP contribution < -0.4 is 0 Å². The summed E-state index contributed by atoms with van der Waals surface area (Å²) in [6, 6.07) is 1.93. The van der Waals surface area contributed by atoms with E-state index in [1.54, 1.807) is 6.26 Å². The lowest BCUT2D eigenvalue weighted by Gasteiger charge is -2.11. The van der Waals surface area contributed by atoms with Crippen LogP contribution in [0.3, 0.4) is 0 Å². The molecule has 1 fully saturated rings. The van der Waals surface area contributed by atoms with Crippen LogP contribution in [0.2, 0.25) is 0 Å². The summed E-state index contributed by atoms with van der Waals surface area (Å²) < 4.78 is 5.59. The number of nitrogens with zero attached hydrogens (tertiary/aromatic N) is 2. The van der Waals surface area contributed by atoms with Crippen molar-refractivity contribution < 1.29 is 4.52 Å². The number of hydrogen-bond donors (Lipinski definition) is 0. The summed E-state index contributed by atoms with van der Waals surface area (Å²) in [5, 5.41) is 3.89. The summed E-state index contributed by atoms with van der Waals surface area (Å²) in [7, 11) is 0. The Balaban J connectivity index is 1.88. The standard InChI is InChI=1S/C8H11IN2O/c9-7-1-3-11(5-7)6-8-2-4-12-10-8/h2,4,7H,1,3,5-6H2. The van der Waals surface area contributed by atoms with Crippen molar-refractivity contribution in [3.63, 3.8) is 0 Å². The predicted octanol–water partition coefficient (Wildman–Crippen LogP) is 1.68. The number of rotatable bonds is 2. The van der Waals surface area contributed by atoms with E-state index in [9.17, 15) is 0 Å². The first-order valence-electron chi connectivity index (χ1n) is 4.10. The van der Waals surface area contributed by atoms with Gasteiger partial charge in [-0.2, -0.15) is 0 Å². The van der Waals surface area contributed by atoms with E-state index in [4.69, 9.17) is 4.52 Å². The summed E-state index contributed by atoms with van der Waals surface area (Å²) in [6.07, 6.45) is 2.94. The van der Waals surface area contributed by atoms with Gasteiger partial charge in [0, 0.05) is 23.1 Å². The highest BCUT2D eigenvalue weighted by Crippen LogP contribution is 2.18. The molecule has 1 aliphatic rings. The summed E-state index contributed by atoms with van der Waals surface area (Å²) in [4.78, 5) is 2.41. The van der Waals surface area contributed by atoms with Crippen molar-refractivity contribution in [2.45, 2.75) is 16.9 Å². The van der Waals surface area contributed by atoms with Crippen molar-refractivity contribution in [2.24, 2.45) is 0 Å². The van der Waals surface area contributed by atoms with E-state index >= 15 is 0 Å². The van der Waals surface area contributed by atoms with Gasteiger partial charge in [0.25, 0.3) is 0 Å². The lowest BCUT2D eigenvalue weighted by molar-refractivity contribution is 0.315. The van der Waals surface area contributed by atoms with Gasteiger partial charge in [0.05, 0.1) is 5.69 Å². The minimum absolute atomic E-state index is 0.814. The van der Waals surface area contributed by atoms with Crippen molar-refractivity contribution in [3.05, 3.63) is 18.0 Å². The SMILES string of the molecule is IC1CCN(Cc2ccon2)C1. The van der Waals surface area contributed by atoms with E-state index in [0.717, 1.165) is 16.2 Å². The first-order chi connectivity index (χ1) is 5.84. The zero-order valence-electron chi connectivity index (χ0n) is 6.74. The maximum atomic E-state index is 4.77. The molecule has 0 radical (unpaired) electrons. The summed E-state index contributed by atoms with van der Waals surface area (Å²) in [5.74, 6) is 0. The Kier molecular flexibility index (Phi) is 2.65. The molecule has 0 aromatic carbocycles. The molecule has 1 aromatic rings. The van der Waals surface area contributed by atoms with Gasteiger partial charge in [0.2, 0.25) is 0 Å². The number of likely N-dealkylation sites (tertiary alicyclic amines) is 1. The van der Waals surface area contributed by atoms with Gasteiger partial charge >= 0.3 is 0 Å². The Hall–Kier alpha value is -0.100. The third-order valence-electron chi connectivity index (χ3n) is 2.09. The monoisotopic (exact) mass is 278 g/mol. The lowest BCUT2D eigenvalue weighted by atomic mass is 10.4. The highest BCUT2D eigenvalue weighted by molar-refractivity contribution is 14.1. The molecule has 12 heavy (non-hydrogen) atoms. The maximum absolute atomic E-state index is 4.77. The molecule has 3 nitrogen and oxygen atoms in total. The highest BCUT2D eigenvalue weighted by atomic mass is 127. The van der Waals surface area contributed by atoms with Gasteiger partial charge in [-0.1, -0.05) is 27.7 Å². The van der Waals surface area contributed by atoms with Crippen LogP contribution in [-0.4, -0.2) is 27.1 Å². The second-order valence-electron chi connectivity index (χ2n) is 3.11. The molecule has 1 aliphatic heterocycles. The van der Waals surface area contributed by atoms with Crippen LogP contribution in [0.5, 0.6) is 0 Å². The van der Waals surface area contributed by atoms with Gasteiger partial charge in [-0.15, -0.1) is 0 Å². The first kappa shape index (κ1) is 8.50. The Morgan fingerprint density at radius 3 is 3.25 bits per heavy atom. The second kappa shape index (κ2) is 3.74. The average molecular weight is 278 g/mol. The van der Waals surface area contributed by atoms with Crippen LogP contribution in [0, 0.1) is 0 Å². The third kappa shape index (κ3) is 1.98. The van der Waals surface area contributed by atoms with E-state index in [0.29, 0.717) is 0 Å². The molecule has 0 spiro atoms. The molecule has 0 bridgehead atoms. The van der Waals surface area contributed by atoms with Crippen LogP contribution in [0.25, 0.3) is 0 Å². The molecule has 4 heteroatoms. The zero-order chi connectivity index (χ0) is 8.39. The van der Waals surface area contributed by atoms with Gasteiger partial charge in [-0.05, 0) is 13.0 Å². The van der Waals surface area contributed by atoms with Crippen molar-refractivity contribution in [1.29, 1.82) is 0 Å². The van der Waals surface area contributed by atoms with Crippen LogP contribution in [0.4, 0.5) is 0 Å². The molecule has 0 amide bonds. The van der Waals surface area contributed by atoms with Gasteiger partial charge in [-0.25, -0.2) is 0 Å². The zero-order valence-corrected chi connectivity index (χ0v) is 8.90. The number of hydrogen-bond acceptors (Lipinski definition) is 3. The summed E-state index contributed by atoms with van der Waals surface area (Å²) >= 11 is 2.50. The lowest BCUT2D eigenvalue weighted by Crippen LogP contribution is -2.20. The van der Waals surface area contributed by atoms with Crippen LogP contribution in [0.1, 0.15) is 12.1 Å². The fourth-order valence-electron chi connectivity index (χ4n) is 1.48. The topological polar surface area (TPSA) is 29.3 Å². The van der Waals surface area contributed by atoms with E-state index in [2.05, 4.69) is 32.6 Å². The first-order valence-corrected chi connectivity index (χ1v) is 5.35. The quantitative estimate of drug-likeness (QED) is 0.609. The minimum atomic E-state index is 0.814. The Bertz CT molecular complexity index is 237. The molecule has 1 unspecified atom stereocenters. The third-order valence-corrected chi connectivity index (χ3v) is 3.11. The maximum Gasteiger partial charge on any atom is 0.124 e. The van der Waals surface area contributed by atoms with E-state index in [1.165, 1.54) is 19.5 Å². The van der Waals surface area contributed by atoms with Crippen LogP contribution in [-0.2, 0) is 6.54 Å².